The van der Waals surface area contributed by atoms with Crippen LogP contribution in [0.5, 0.6) is 0 Å². The van der Waals surface area contributed by atoms with Crippen molar-refractivity contribution in [2.75, 3.05) is 0 Å². The van der Waals surface area contributed by atoms with Crippen molar-refractivity contribution in [3.05, 3.63) is 46.5 Å². The maximum atomic E-state index is 10.9. The van der Waals surface area contributed by atoms with Crippen LogP contribution in [0.15, 0.2) is 30.3 Å². The number of hydrogen-bond acceptors (Lipinski definition) is 1. The van der Waals surface area contributed by atoms with Gasteiger partial charge >= 0.3 is 0 Å². The average molecular weight is 244 g/mol. The second kappa shape index (κ2) is 3.60. The molecule has 0 radical (unpaired) electrons. The van der Waals surface area contributed by atoms with E-state index in [1.165, 1.54) is 5.56 Å². The topological polar surface area (TPSA) is 32.9 Å². The molecule has 1 aromatic heterocycles. The van der Waals surface area contributed by atoms with E-state index in [0.29, 0.717) is 10.6 Å². The number of para-hydroxylation sites is 1. The highest BCUT2D eigenvalue weighted by Gasteiger charge is 2.11. The molecule has 0 saturated carbocycles. The molecule has 0 amide bonds. The fourth-order valence-corrected chi connectivity index (χ4v) is 2.47. The molecule has 2 aromatic carbocycles. The fraction of sp³-hybridized carbons (Fsp3) is 0.0714. The highest BCUT2D eigenvalue weighted by molar-refractivity contribution is 6.38. The van der Waals surface area contributed by atoms with Gasteiger partial charge in [-0.25, -0.2) is 0 Å². The summed E-state index contributed by atoms with van der Waals surface area (Å²) in [6.45, 7) is 2.05. The van der Waals surface area contributed by atoms with Gasteiger partial charge in [-0.05, 0) is 18.6 Å². The molecule has 3 rings (SSSR count). The standard InChI is InChI=1S/C14H10ClNO/c1-8-3-2-4-10-11-6-5-9(7-17)12(15)14(11)16-13(8)10/h2-7,16H,1H3. The maximum absolute atomic E-state index is 10.9. The molecule has 0 unspecified atom stereocenters. The number of halogens is 1. The lowest BCUT2D eigenvalue weighted by molar-refractivity contribution is 0.112. The van der Waals surface area contributed by atoms with Crippen molar-refractivity contribution in [2.45, 2.75) is 6.92 Å². The number of aromatic amines is 1. The van der Waals surface area contributed by atoms with Crippen molar-refractivity contribution in [3.63, 3.8) is 0 Å². The van der Waals surface area contributed by atoms with Gasteiger partial charge < -0.3 is 4.98 Å². The highest BCUT2D eigenvalue weighted by Crippen LogP contribution is 2.32. The number of carbonyl (C=O) groups is 1. The molecule has 3 heteroatoms. The number of carbonyl (C=O) groups excluding carboxylic acids is 1. The molecule has 0 atom stereocenters. The number of rotatable bonds is 1. The minimum absolute atomic E-state index is 0.494. The lowest BCUT2D eigenvalue weighted by atomic mass is 10.1. The van der Waals surface area contributed by atoms with E-state index in [9.17, 15) is 4.79 Å². The largest absolute Gasteiger partial charge is 0.353 e. The number of benzene rings is 2. The van der Waals surface area contributed by atoms with Crippen LogP contribution in [0.4, 0.5) is 0 Å². The molecule has 0 aliphatic rings. The Hall–Kier alpha value is -1.80. The van der Waals surface area contributed by atoms with Crippen LogP contribution in [0.25, 0.3) is 21.8 Å². The Labute approximate surface area is 103 Å². The van der Waals surface area contributed by atoms with Crippen LogP contribution in [0, 0.1) is 6.92 Å². The summed E-state index contributed by atoms with van der Waals surface area (Å²) in [4.78, 5) is 14.2. The predicted molar refractivity (Wildman–Crippen MR) is 70.9 cm³/mol. The lowest BCUT2D eigenvalue weighted by Gasteiger charge is -1.97. The SMILES string of the molecule is Cc1cccc2c1[nH]c1c(Cl)c(C=O)ccc12. The Balaban J connectivity index is 2.55. The molecule has 2 nitrogen and oxygen atoms in total. The van der Waals surface area contributed by atoms with Gasteiger partial charge in [0.15, 0.2) is 6.29 Å². The summed E-state index contributed by atoms with van der Waals surface area (Å²) in [5.41, 5.74) is 3.60. The van der Waals surface area contributed by atoms with Crippen LogP contribution in [-0.4, -0.2) is 11.3 Å². The minimum Gasteiger partial charge on any atom is -0.353 e. The van der Waals surface area contributed by atoms with Gasteiger partial charge in [0.05, 0.1) is 10.5 Å². The average Bonchev–Trinajstić information content (AvgIpc) is 2.71. The van der Waals surface area contributed by atoms with Gasteiger partial charge in [0.25, 0.3) is 0 Å². The van der Waals surface area contributed by atoms with Crippen molar-refractivity contribution < 1.29 is 4.79 Å². The molecule has 0 aliphatic carbocycles. The summed E-state index contributed by atoms with van der Waals surface area (Å²) >= 11 is 6.20. The molecular formula is C14H10ClNO. The van der Waals surface area contributed by atoms with Crippen LogP contribution < -0.4 is 0 Å². The second-order valence-electron chi connectivity index (χ2n) is 4.13. The van der Waals surface area contributed by atoms with E-state index in [-0.39, 0.29) is 0 Å². The van der Waals surface area contributed by atoms with Gasteiger partial charge in [0.2, 0.25) is 0 Å². The van der Waals surface area contributed by atoms with E-state index in [1.807, 2.05) is 25.1 Å². The molecule has 84 valence electrons. The van der Waals surface area contributed by atoms with E-state index >= 15 is 0 Å². The number of aldehydes is 1. The molecule has 3 aromatic rings. The van der Waals surface area contributed by atoms with Crippen LogP contribution in [0.1, 0.15) is 15.9 Å². The van der Waals surface area contributed by atoms with Crippen LogP contribution in [0.3, 0.4) is 0 Å². The Kier molecular flexibility index (Phi) is 2.20. The minimum atomic E-state index is 0.494. The number of nitrogens with one attached hydrogen (secondary N) is 1. The Bertz CT molecular complexity index is 743. The molecular weight excluding hydrogens is 234 g/mol. The molecule has 0 aliphatic heterocycles. The summed E-state index contributed by atoms with van der Waals surface area (Å²) in [5.74, 6) is 0. The third-order valence-electron chi connectivity index (χ3n) is 3.11. The summed E-state index contributed by atoms with van der Waals surface area (Å²) in [6.07, 6.45) is 0.778. The van der Waals surface area contributed by atoms with Crippen molar-refractivity contribution in [3.8, 4) is 0 Å². The van der Waals surface area contributed by atoms with Crippen molar-refractivity contribution >= 4 is 39.7 Å². The molecule has 0 saturated heterocycles. The van der Waals surface area contributed by atoms with Gasteiger partial charge in [-0.2, -0.15) is 0 Å². The van der Waals surface area contributed by atoms with Gasteiger partial charge in [0, 0.05) is 21.9 Å². The molecule has 0 fully saturated rings. The van der Waals surface area contributed by atoms with E-state index in [0.717, 1.165) is 28.1 Å². The first-order valence-electron chi connectivity index (χ1n) is 5.37. The Morgan fingerprint density at radius 1 is 1.12 bits per heavy atom. The normalized spacial score (nSPS) is 11.2. The number of aromatic nitrogens is 1. The molecule has 1 N–H and O–H groups in total. The van der Waals surface area contributed by atoms with Gasteiger partial charge in [0.1, 0.15) is 0 Å². The fourth-order valence-electron chi connectivity index (χ4n) is 2.21. The Morgan fingerprint density at radius 3 is 2.65 bits per heavy atom. The number of fused-ring (bicyclic) bond motifs is 3. The highest BCUT2D eigenvalue weighted by atomic mass is 35.5. The Morgan fingerprint density at radius 2 is 1.88 bits per heavy atom. The first-order chi connectivity index (χ1) is 8.22. The summed E-state index contributed by atoms with van der Waals surface area (Å²) in [6, 6.07) is 9.81. The van der Waals surface area contributed by atoms with Gasteiger partial charge in [-0.1, -0.05) is 35.9 Å². The third kappa shape index (κ3) is 1.38. The van der Waals surface area contributed by atoms with Crippen molar-refractivity contribution in [1.82, 2.24) is 4.98 Å². The number of aryl methyl sites for hydroxylation is 1. The zero-order chi connectivity index (χ0) is 12.0. The van der Waals surface area contributed by atoms with E-state index < -0.39 is 0 Å². The third-order valence-corrected chi connectivity index (χ3v) is 3.52. The lowest BCUT2D eigenvalue weighted by Crippen LogP contribution is -1.82. The summed E-state index contributed by atoms with van der Waals surface area (Å²) in [5, 5.41) is 2.69. The van der Waals surface area contributed by atoms with Gasteiger partial charge in [-0.3, -0.25) is 4.79 Å². The first-order valence-corrected chi connectivity index (χ1v) is 5.75. The second-order valence-corrected chi connectivity index (χ2v) is 4.51. The molecule has 1 heterocycles. The zero-order valence-electron chi connectivity index (χ0n) is 9.25. The van der Waals surface area contributed by atoms with Crippen LogP contribution >= 0.6 is 11.6 Å². The van der Waals surface area contributed by atoms with Crippen LogP contribution in [0.2, 0.25) is 5.02 Å². The van der Waals surface area contributed by atoms with E-state index in [1.54, 1.807) is 6.07 Å². The maximum Gasteiger partial charge on any atom is 0.151 e. The quantitative estimate of drug-likeness (QED) is 0.642. The van der Waals surface area contributed by atoms with E-state index in [4.69, 9.17) is 11.6 Å². The smallest absolute Gasteiger partial charge is 0.151 e. The van der Waals surface area contributed by atoms with Crippen molar-refractivity contribution in [2.24, 2.45) is 0 Å². The zero-order valence-corrected chi connectivity index (χ0v) is 10.0. The molecule has 0 spiro atoms. The number of H-pyrrole nitrogens is 1. The van der Waals surface area contributed by atoms with Crippen molar-refractivity contribution in [1.29, 1.82) is 0 Å². The number of hydrogen-bond donors (Lipinski definition) is 1. The summed E-state index contributed by atoms with van der Waals surface area (Å²) < 4.78 is 0. The summed E-state index contributed by atoms with van der Waals surface area (Å²) in [7, 11) is 0. The van der Waals surface area contributed by atoms with E-state index in [2.05, 4.69) is 11.1 Å². The first kappa shape index (κ1) is 10.4. The molecule has 0 bridgehead atoms. The van der Waals surface area contributed by atoms with Gasteiger partial charge in [-0.15, -0.1) is 0 Å². The predicted octanol–water partition coefficient (Wildman–Crippen LogP) is 4.10. The monoisotopic (exact) mass is 243 g/mol. The molecule has 17 heavy (non-hydrogen) atoms. The van der Waals surface area contributed by atoms with Crippen LogP contribution in [-0.2, 0) is 0 Å².